The van der Waals surface area contributed by atoms with Crippen molar-refractivity contribution in [2.75, 3.05) is 0 Å². The Morgan fingerprint density at radius 1 is 1.07 bits per heavy atom. The Morgan fingerprint density at radius 2 is 1.90 bits per heavy atom. The summed E-state index contributed by atoms with van der Waals surface area (Å²) in [6, 6.07) is 19.4. The van der Waals surface area contributed by atoms with Gasteiger partial charge in [-0.1, -0.05) is 41.6 Å². The van der Waals surface area contributed by atoms with Gasteiger partial charge in [-0.25, -0.2) is 4.98 Å². The molecule has 0 radical (unpaired) electrons. The van der Waals surface area contributed by atoms with Crippen LogP contribution < -0.4 is 4.74 Å². The topological polar surface area (TPSA) is 114 Å². The van der Waals surface area contributed by atoms with E-state index in [1.807, 2.05) is 60.7 Å². The van der Waals surface area contributed by atoms with Crippen LogP contribution in [0.15, 0.2) is 60.7 Å². The van der Waals surface area contributed by atoms with Crippen molar-refractivity contribution >= 4 is 16.9 Å². The molecule has 1 unspecified atom stereocenters. The van der Waals surface area contributed by atoms with Crippen molar-refractivity contribution in [2.45, 2.75) is 25.9 Å². The molecule has 8 nitrogen and oxygen atoms in total. The van der Waals surface area contributed by atoms with Crippen LogP contribution in [0.5, 0.6) is 5.75 Å². The first-order valence-corrected chi connectivity index (χ1v) is 9.69. The zero-order valence-corrected chi connectivity index (χ0v) is 16.2. The number of carboxylic acid groups (broad SMARTS) is 1. The van der Waals surface area contributed by atoms with E-state index in [1.54, 1.807) is 0 Å². The maximum absolute atomic E-state index is 11.6. The third-order valence-electron chi connectivity index (χ3n) is 4.90. The third kappa shape index (κ3) is 4.96. The smallest absolute Gasteiger partial charge is 0.306 e. The number of hydrogen-bond donors (Lipinski definition) is 2. The molecule has 2 N–H and O–H groups in total. The summed E-state index contributed by atoms with van der Waals surface area (Å²) in [5, 5.41) is 24.2. The summed E-state index contributed by atoms with van der Waals surface area (Å²) in [6.45, 7) is 0.368. The van der Waals surface area contributed by atoms with E-state index in [0.29, 0.717) is 37.4 Å². The average molecular weight is 403 g/mol. The lowest BCUT2D eigenvalue weighted by Gasteiger charge is -2.12. The molecule has 1 atom stereocenters. The maximum Gasteiger partial charge on any atom is 0.306 e. The summed E-state index contributed by atoms with van der Waals surface area (Å²) < 4.78 is 5.84. The van der Waals surface area contributed by atoms with Crippen LogP contribution in [-0.4, -0.2) is 36.7 Å². The number of H-pyrrole nitrogens is 1. The first kappa shape index (κ1) is 19.5. The Morgan fingerprint density at radius 3 is 2.67 bits per heavy atom. The van der Waals surface area contributed by atoms with Crippen LogP contribution in [0.3, 0.4) is 0 Å². The first-order valence-electron chi connectivity index (χ1n) is 9.69. The quantitative estimate of drug-likeness (QED) is 0.441. The number of hydrogen-bond acceptors (Lipinski definition) is 6. The number of aromatic nitrogens is 5. The van der Waals surface area contributed by atoms with Crippen molar-refractivity contribution in [1.82, 2.24) is 25.6 Å². The summed E-state index contributed by atoms with van der Waals surface area (Å²) in [5.41, 5.74) is 2.73. The fourth-order valence-corrected chi connectivity index (χ4v) is 3.26. The lowest BCUT2D eigenvalue weighted by Crippen LogP contribution is -2.17. The van der Waals surface area contributed by atoms with Gasteiger partial charge in [0.2, 0.25) is 0 Å². The fourth-order valence-electron chi connectivity index (χ4n) is 3.26. The molecule has 2 aromatic carbocycles. The molecule has 30 heavy (non-hydrogen) atoms. The van der Waals surface area contributed by atoms with Gasteiger partial charge in [0.25, 0.3) is 0 Å². The average Bonchev–Trinajstić information content (AvgIpc) is 3.29. The number of pyridine rings is 1. The number of nitrogens with one attached hydrogen (secondary N) is 1. The predicted molar refractivity (Wildman–Crippen MR) is 110 cm³/mol. The van der Waals surface area contributed by atoms with E-state index in [4.69, 9.17) is 4.74 Å². The van der Waals surface area contributed by atoms with Crippen LogP contribution >= 0.6 is 0 Å². The number of tetrazole rings is 1. The van der Waals surface area contributed by atoms with Gasteiger partial charge >= 0.3 is 5.97 Å². The number of carboxylic acids is 1. The van der Waals surface area contributed by atoms with Crippen LogP contribution in [0.1, 0.15) is 23.5 Å². The van der Waals surface area contributed by atoms with Crippen LogP contribution in [-0.2, 0) is 24.2 Å². The van der Waals surface area contributed by atoms with Gasteiger partial charge in [0.05, 0.1) is 17.1 Å². The molecule has 152 valence electrons. The number of fused-ring (bicyclic) bond motifs is 1. The molecular formula is C22H21N5O3. The van der Waals surface area contributed by atoms with Crippen molar-refractivity contribution in [3.63, 3.8) is 0 Å². The highest BCUT2D eigenvalue weighted by Crippen LogP contribution is 2.19. The second kappa shape index (κ2) is 9.13. The summed E-state index contributed by atoms with van der Waals surface area (Å²) in [4.78, 5) is 16.2. The standard InChI is InChI=1S/C22H21N5O3/c28-22(29)17(8-12-21-24-26-27-25-21)13-15-5-10-19(11-6-15)30-14-18-9-7-16-3-1-2-4-20(16)23-18/h1-7,9-11,17H,8,12-14H2,(H,28,29)(H,24,25,26,27). The van der Waals surface area contributed by atoms with E-state index in [2.05, 4.69) is 25.6 Å². The van der Waals surface area contributed by atoms with E-state index in [9.17, 15) is 9.90 Å². The normalized spacial score (nSPS) is 12.0. The van der Waals surface area contributed by atoms with Gasteiger partial charge in [-0.3, -0.25) is 4.79 Å². The lowest BCUT2D eigenvalue weighted by molar-refractivity contribution is -0.141. The van der Waals surface area contributed by atoms with Gasteiger partial charge in [-0.15, -0.1) is 10.2 Å². The minimum absolute atomic E-state index is 0.368. The molecule has 4 rings (SSSR count). The molecule has 0 aliphatic carbocycles. The Kier molecular flexibility index (Phi) is 5.93. The van der Waals surface area contributed by atoms with Gasteiger partial charge < -0.3 is 9.84 Å². The Hall–Kier alpha value is -3.81. The van der Waals surface area contributed by atoms with E-state index < -0.39 is 11.9 Å². The second-order valence-electron chi connectivity index (χ2n) is 7.03. The summed E-state index contributed by atoms with van der Waals surface area (Å²) in [6.07, 6.45) is 1.34. The molecule has 0 aliphatic heterocycles. The highest BCUT2D eigenvalue weighted by Gasteiger charge is 2.19. The molecule has 2 aromatic heterocycles. The van der Waals surface area contributed by atoms with Crippen molar-refractivity contribution in [2.24, 2.45) is 5.92 Å². The van der Waals surface area contributed by atoms with Gasteiger partial charge in [-0.2, -0.15) is 5.21 Å². The Bertz CT molecular complexity index is 1110. The zero-order valence-electron chi connectivity index (χ0n) is 16.2. The summed E-state index contributed by atoms with van der Waals surface area (Å²) >= 11 is 0. The molecule has 8 heteroatoms. The first-order chi connectivity index (χ1) is 14.7. The SMILES string of the molecule is O=C(O)C(CCc1nn[nH]n1)Cc1ccc(OCc2ccc3ccccc3n2)cc1. The van der Waals surface area contributed by atoms with Crippen LogP contribution in [0.25, 0.3) is 10.9 Å². The number of carbonyl (C=O) groups is 1. The maximum atomic E-state index is 11.6. The number of para-hydroxylation sites is 1. The Balaban J connectivity index is 1.33. The van der Waals surface area contributed by atoms with E-state index in [-0.39, 0.29) is 0 Å². The van der Waals surface area contributed by atoms with Crippen LogP contribution in [0, 0.1) is 5.92 Å². The van der Waals surface area contributed by atoms with Crippen molar-refractivity contribution in [3.8, 4) is 5.75 Å². The largest absolute Gasteiger partial charge is 0.487 e. The monoisotopic (exact) mass is 403 g/mol. The minimum atomic E-state index is -0.832. The Labute approximate surface area is 172 Å². The minimum Gasteiger partial charge on any atom is -0.487 e. The van der Waals surface area contributed by atoms with Crippen LogP contribution in [0.2, 0.25) is 0 Å². The lowest BCUT2D eigenvalue weighted by atomic mass is 9.94. The number of aryl methyl sites for hydroxylation is 1. The van der Waals surface area contributed by atoms with Gasteiger partial charge in [0.1, 0.15) is 12.4 Å². The van der Waals surface area contributed by atoms with Gasteiger partial charge in [0.15, 0.2) is 5.82 Å². The molecule has 0 fully saturated rings. The zero-order chi connectivity index (χ0) is 20.8. The molecule has 2 heterocycles. The van der Waals surface area contributed by atoms with Gasteiger partial charge in [-0.05, 0) is 42.7 Å². The summed E-state index contributed by atoms with van der Waals surface area (Å²) in [7, 11) is 0. The van der Waals surface area contributed by atoms with Crippen molar-refractivity contribution in [3.05, 3.63) is 77.7 Å². The molecule has 0 aliphatic rings. The molecule has 4 aromatic rings. The number of ether oxygens (including phenoxy) is 1. The van der Waals surface area contributed by atoms with Crippen molar-refractivity contribution < 1.29 is 14.6 Å². The fraction of sp³-hybridized carbons (Fsp3) is 0.227. The molecule has 0 spiro atoms. The number of benzene rings is 2. The highest BCUT2D eigenvalue weighted by molar-refractivity contribution is 5.78. The summed E-state index contributed by atoms with van der Waals surface area (Å²) in [5.74, 6) is -0.113. The predicted octanol–water partition coefficient (Wildman–Crippen LogP) is 3.20. The second-order valence-corrected chi connectivity index (χ2v) is 7.03. The third-order valence-corrected chi connectivity index (χ3v) is 4.90. The van der Waals surface area contributed by atoms with E-state index in [0.717, 1.165) is 22.2 Å². The molecule has 0 saturated heterocycles. The number of aliphatic carboxylic acids is 1. The van der Waals surface area contributed by atoms with E-state index >= 15 is 0 Å². The van der Waals surface area contributed by atoms with Gasteiger partial charge in [0, 0.05) is 11.8 Å². The number of aromatic amines is 1. The number of nitrogens with zero attached hydrogens (tertiary/aromatic N) is 4. The van der Waals surface area contributed by atoms with Crippen molar-refractivity contribution in [1.29, 1.82) is 0 Å². The highest BCUT2D eigenvalue weighted by atomic mass is 16.5. The molecule has 0 amide bonds. The molecule has 0 bridgehead atoms. The number of rotatable bonds is 9. The molecule has 0 saturated carbocycles. The van der Waals surface area contributed by atoms with E-state index in [1.165, 1.54) is 0 Å². The van der Waals surface area contributed by atoms with Crippen LogP contribution in [0.4, 0.5) is 0 Å². The molecular weight excluding hydrogens is 382 g/mol.